The van der Waals surface area contributed by atoms with Crippen molar-refractivity contribution in [3.05, 3.63) is 29.8 Å². The van der Waals surface area contributed by atoms with Crippen molar-refractivity contribution in [1.82, 2.24) is 0 Å². The monoisotopic (exact) mass is 223 g/mol. The molecule has 1 aromatic rings. The van der Waals surface area contributed by atoms with Crippen molar-refractivity contribution < 1.29 is 4.79 Å². The molecule has 0 aliphatic rings. The second kappa shape index (κ2) is 11.8. The number of rotatable bonds is 1. The number of hydrogen-bond acceptors (Lipinski definition) is 1. The number of carbonyl (C=O) groups excluding carboxylic acids is 1. The second-order valence-corrected chi connectivity index (χ2v) is 3.26. The molecule has 1 amide bonds. The molecule has 16 heavy (non-hydrogen) atoms. The minimum Gasteiger partial charge on any atom is -0.326 e. The lowest BCUT2D eigenvalue weighted by atomic mass is 10.2. The zero-order chi connectivity index (χ0) is 13.0. The Hall–Kier alpha value is -1.31. The van der Waals surface area contributed by atoms with Gasteiger partial charge in [0, 0.05) is 12.6 Å². The van der Waals surface area contributed by atoms with Crippen molar-refractivity contribution in [2.75, 3.05) is 5.32 Å². The molecule has 2 heteroatoms. The summed E-state index contributed by atoms with van der Waals surface area (Å²) in [5.41, 5.74) is 2.01. The number of nitrogens with one attached hydrogen (secondary N) is 1. The van der Waals surface area contributed by atoms with Crippen LogP contribution < -0.4 is 5.32 Å². The Bertz CT molecular complexity index is 282. The van der Waals surface area contributed by atoms with Gasteiger partial charge in [0.15, 0.2) is 0 Å². The zero-order valence-corrected chi connectivity index (χ0v) is 11.4. The van der Waals surface area contributed by atoms with Crippen LogP contribution in [0.3, 0.4) is 0 Å². The Morgan fingerprint density at radius 3 is 2.12 bits per heavy atom. The zero-order valence-electron chi connectivity index (χ0n) is 11.4. The lowest BCUT2D eigenvalue weighted by Crippen LogP contribution is -2.05. The molecule has 1 aromatic carbocycles. The second-order valence-electron chi connectivity index (χ2n) is 3.26. The summed E-state index contributed by atoms with van der Waals surface area (Å²) < 4.78 is 0. The van der Waals surface area contributed by atoms with Gasteiger partial charge in [-0.25, -0.2) is 0 Å². The normalized spacial score (nSPS) is 7.88. The van der Waals surface area contributed by atoms with Gasteiger partial charge in [0.05, 0.1) is 0 Å². The SMILES string of the molecule is CC.CC(=O)Nc1cccc(C)c1.CCC. The van der Waals surface area contributed by atoms with E-state index >= 15 is 0 Å². The molecule has 92 valence electrons. The van der Waals surface area contributed by atoms with E-state index in [0.717, 1.165) is 11.3 Å². The van der Waals surface area contributed by atoms with Crippen LogP contribution in [0.4, 0.5) is 5.69 Å². The van der Waals surface area contributed by atoms with Gasteiger partial charge in [0.2, 0.25) is 5.91 Å². The standard InChI is InChI=1S/C9H11NO.C3H8.C2H6/c1-7-4-3-5-9(6-7)10-8(2)11;1-3-2;1-2/h3-6H,1-2H3,(H,10,11);3H2,1-2H3;1-2H3. The van der Waals surface area contributed by atoms with Crippen LogP contribution in [0, 0.1) is 6.92 Å². The summed E-state index contributed by atoms with van der Waals surface area (Å²) in [6, 6.07) is 7.71. The van der Waals surface area contributed by atoms with Gasteiger partial charge in [-0.15, -0.1) is 0 Å². The molecule has 0 unspecified atom stereocenters. The van der Waals surface area contributed by atoms with E-state index in [4.69, 9.17) is 0 Å². The Morgan fingerprint density at radius 2 is 1.75 bits per heavy atom. The Labute approximate surface area is 100 Å². The van der Waals surface area contributed by atoms with E-state index in [-0.39, 0.29) is 5.91 Å². The summed E-state index contributed by atoms with van der Waals surface area (Å²) in [5.74, 6) is -0.0319. The average Bonchev–Trinajstić information content (AvgIpc) is 2.21. The molecule has 0 heterocycles. The number of aryl methyl sites for hydroxylation is 1. The van der Waals surface area contributed by atoms with Gasteiger partial charge in [0.1, 0.15) is 0 Å². The van der Waals surface area contributed by atoms with Crippen molar-refractivity contribution in [2.24, 2.45) is 0 Å². The summed E-state index contributed by atoms with van der Waals surface area (Å²) in [7, 11) is 0. The van der Waals surface area contributed by atoms with Gasteiger partial charge in [-0.1, -0.05) is 46.2 Å². The third-order valence-electron chi connectivity index (χ3n) is 1.34. The molecule has 1 N–H and O–H groups in total. The molecule has 0 fully saturated rings. The van der Waals surface area contributed by atoms with Gasteiger partial charge in [-0.05, 0) is 24.6 Å². The van der Waals surface area contributed by atoms with E-state index in [9.17, 15) is 4.79 Å². The fourth-order valence-corrected chi connectivity index (χ4v) is 0.926. The van der Waals surface area contributed by atoms with Crippen LogP contribution in [-0.4, -0.2) is 5.91 Å². The van der Waals surface area contributed by atoms with Crippen LogP contribution in [0.1, 0.15) is 46.6 Å². The fourth-order valence-electron chi connectivity index (χ4n) is 0.926. The third-order valence-corrected chi connectivity index (χ3v) is 1.34. The maximum absolute atomic E-state index is 10.6. The first-order chi connectivity index (χ1) is 7.60. The predicted molar refractivity (Wildman–Crippen MR) is 72.8 cm³/mol. The molecule has 0 saturated carbocycles. The lowest BCUT2D eigenvalue weighted by Gasteiger charge is -2.01. The molecule has 2 nitrogen and oxygen atoms in total. The molecule has 0 aliphatic carbocycles. The van der Waals surface area contributed by atoms with Gasteiger partial charge in [-0.2, -0.15) is 0 Å². The van der Waals surface area contributed by atoms with Gasteiger partial charge in [0.25, 0.3) is 0 Å². The summed E-state index contributed by atoms with van der Waals surface area (Å²) in [4.78, 5) is 10.6. The van der Waals surface area contributed by atoms with Crippen molar-refractivity contribution in [2.45, 2.75) is 48.0 Å². The first-order valence-electron chi connectivity index (χ1n) is 5.94. The third kappa shape index (κ3) is 10.8. The van der Waals surface area contributed by atoms with Crippen molar-refractivity contribution in [3.63, 3.8) is 0 Å². The average molecular weight is 223 g/mol. The highest BCUT2D eigenvalue weighted by Gasteiger charge is 1.93. The van der Waals surface area contributed by atoms with Crippen molar-refractivity contribution >= 4 is 11.6 Å². The Balaban J connectivity index is 0. The van der Waals surface area contributed by atoms with E-state index < -0.39 is 0 Å². The molecular weight excluding hydrogens is 198 g/mol. The van der Waals surface area contributed by atoms with Crippen LogP contribution in [0.25, 0.3) is 0 Å². The maximum atomic E-state index is 10.6. The molecule has 0 spiro atoms. The van der Waals surface area contributed by atoms with E-state index in [2.05, 4.69) is 19.2 Å². The highest BCUT2D eigenvalue weighted by Crippen LogP contribution is 2.08. The molecular formula is C14H25NO. The molecule has 0 aromatic heterocycles. The topological polar surface area (TPSA) is 29.1 Å². The molecule has 0 aliphatic heterocycles. The number of amides is 1. The fraction of sp³-hybridized carbons (Fsp3) is 0.500. The number of carbonyl (C=O) groups is 1. The van der Waals surface area contributed by atoms with E-state index in [1.54, 1.807) is 0 Å². The quantitative estimate of drug-likeness (QED) is 0.751. The summed E-state index contributed by atoms with van der Waals surface area (Å²) >= 11 is 0. The molecule has 0 atom stereocenters. The number of anilines is 1. The predicted octanol–water partition coefficient (Wildman–Crippen LogP) is 4.40. The maximum Gasteiger partial charge on any atom is 0.221 e. The smallest absolute Gasteiger partial charge is 0.221 e. The van der Waals surface area contributed by atoms with Crippen LogP contribution in [0.2, 0.25) is 0 Å². The first kappa shape index (κ1) is 17.1. The van der Waals surface area contributed by atoms with E-state index in [1.807, 2.05) is 45.0 Å². The highest BCUT2D eigenvalue weighted by molar-refractivity contribution is 5.88. The van der Waals surface area contributed by atoms with E-state index in [0.29, 0.717) is 0 Å². The largest absolute Gasteiger partial charge is 0.326 e. The summed E-state index contributed by atoms with van der Waals surface area (Å²) in [5, 5.41) is 2.71. The Kier molecular flexibility index (Phi) is 12.6. The number of hydrogen-bond donors (Lipinski definition) is 1. The molecule has 0 radical (unpaired) electrons. The minimum absolute atomic E-state index is 0.0319. The molecule has 0 saturated heterocycles. The van der Waals surface area contributed by atoms with Crippen LogP contribution >= 0.6 is 0 Å². The lowest BCUT2D eigenvalue weighted by molar-refractivity contribution is -0.114. The van der Waals surface area contributed by atoms with Gasteiger partial charge < -0.3 is 5.32 Å². The first-order valence-corrected chi connectivity index (χ1v) is 5.94. The van der Waals surface area contributed by atoms with E-state index in [1.165, 1.54) is 13.3 Å². The van der Waals surface area contributed by atoms with Crippen LogP contribution in [-0.2, 0) is 4.79 Å². The van der Waals surface area contributed by atoms with Crippen molar-refractivity contribution in [1.29, 1.82) is 0 Å². The highest BCUT2D eigenvalue weighted by atomic mass is 16.1. The minimum atomic E-state index is -0.0319. The summed E-state index contributed by atoms with van der Waals surface area (Å²) in [6.07, 6.45) is 1.25. The van der Waals surface area contributed by atoms with Crippen LogP contribution in [0.15, 0.2) is 24.3 Å². The summed E-state index contributed by atoms with van der Waals surface area (Å²) in [6.45, 7) is 11.7. The van der Waals surface area contributed by atoms with Gasteiger partial charge >= 0.3 is 0 Å². The number of benzene rings is 1. The van der Waals surface area contributed by atoms with Crippen LogP contribution in [0.5, 0.6) is 0 Å². The Morgan fingerprint density at radius 1 is 1.25 bits per heavy atom. The molecule has 1 rings (SSSR count). The molecule has 0 bridgehead atoms. The van der Waals surface area contributed by atoms with Gasteiger partial charge in [-0.3, -0.25) is 4.79 Å². The van der Waals surface area contributed by atoms with Crippen molar-refractivity contribution in [3.8, 4) is 0 Å².